The van der Waals surface area contributed by atoms with Gasteiger partial charge in [0.05, 0.1) is 0 Å². The van der Waals surface area contributed by atoms with Crippen molar-refractivity contribution in [1.29, 1.82) is 0 Å². The van der Waals surface area contributed by atoms with E-state index in [0.717, 1.165) is 6.54 Å². The number of anilines is 1. The molecule has 0 spiro atoms. The highest BCUT2D eigenvalue weighted by molar-refractivity contribution is 5.60. The summed E-state index contributed by atoms with van der Waals surface area (Å²) < 4.78 is 0. The molecule has 1 aliphatic heterocycles. The van der Waals surface area contributed by atoms with Crippen molar-refractivity contribution < 1.29 is 0 Å². The first-order chi connectivity index (χ1) is 7.91. The Hall–Kier alpha value is -0.980. The van der Waals surface area contributed by atoms with E-state index in [4.69, 9.17) is 0 Å². The van der Waals surface area contributed by atoms with Crippen LogP contribution in [-0.4, -0.2) is 6.54 Å². The molecule has 2 rings (SSSR count). The zero-order chi connectivity index (χ0) is 12.6. The Balaban J connectivity index is 2.62. The number of fused-ring (bicyclic) bond motifs is 1. The maximum Gasteiger partial charge on any atom is 0.0375 e. The van der Waals surface area contributed by atoms with E-state index in [2.05, 4.69) is 52.1 Å². The molecule has 0 aliphatic carbocycles. The van der Waals surface area contributed by atoms with Crippen molar-refractivity contribution >= 4 is 5.69 Å². The Morgan fingerprint density at radius 1 is 1.18 bits per heavy atom. The van der Waals surface area contributed by atoms with Crippen molar-refractivity contribution in [3.63, 3.8) is 0 Å². The summed E-state index contributed by atoms with van der Waals surface area (Å²) in [5.41, 5.74) is 6.29. The van der Waals surface area contributed by atoms with Crippen molar-refractivity contribution in [3.05, 3.63) is 28.8 Å². The molecule has 1 aliphatic rings. The van der Waals surface area contributed by atoms with Gasteiger partial charge in [-0.3, -0.25) is 0 Å². The largest absolute Gasteiger partial charge is 0.385 e. The third kappa shape index (κ3) is 2.34. The monoisotopic (exact) mass is 231 g/mol. The second-order valence-electron chi connectivity index (χ2n) is 6.49. The minimum absolute atomic E-state index is 0.242. The Morgan fingerprint density at radius 2 is 1.88 bits per heavy atom. The van der Waals surface area contributed by atoms with Gasteiger partial charge in [-0.15, -0.1) is 0 Å². The maximum atomic E-state index is 3.54. The minimum Gasteiger partial charge on any atom is -0.385 e. The first-order valence-corrected chi connectivity index (χ1v) is 6.81. The number of hydrogen-bond donors (Lipinski definition) is 1. The zero-order valence-electron chi connectivity index (χ0n) is 11.9. The molecular weight excluding hydrogens is 206 g/mol. The quantitative estimate of drug-likeness (QED) is 0.752. The first kappa shape index (κ1) is 12.5. The second-order valence-corrected chi connectivity index (χ2v) is 6.49. The number of benzene rings is 1. The molecule has 94 valence electrons. The Bertz CT molecular complexity index is 410. The molecule has 0 saturated heterocycles. The molecule has 0 atom stereocenters. The minimum atomic E-state index is 0.242. The van der Waals surface area contributed by atoms with E-state index >= 15 is 0 Å². The van der Waals surface area contributed by atoms with Crippen LogP contribution in [0.25, 0.3) is 0 Å². The van der Waals surface area contributed by atoms with Crippen molar-refractivity contribution in [3.8, 4) is 0 Å². The van der Waals surface area contributed by atoms with E-state index in [-0.39, 0.29) is 5.41 Å². The fraction of sp³-hybridized carbons (Fsp3) is 0.625. The normalized spacial score (nSPS) is 15.6. The van der Waals surface area contributed by atoms with Gasteiger partial charge in [-0.1, -0.05) is 40.7 Å². The highest BCUT2D eigenvalue weighted by Crippen LogP contribution is 2.38. The smallest absolute Gasteiger partial charge is 0.0375 e. The third-order valence-corrected chi connectivity index (χ3v) is 3.66. The van der Waals surface area contributed by atoms with E-state index in [0.29, 0.717) is 5.92 Å². The lowest BCUT2D eigenvalue weighted by molar-refractivity contribution is 0.573. The molecule has 17 heavy (non-hydrogen) atoms. The molecule has 0 aromatic heterocycles. The topological polar surface area (TPSA) is 12.0 Å². The van der Waals surface area contributed by atoms with Crippen molar-refractivity contribution in [2.45, 2.75) is 58.8 Å². The summed E-state index contributed by atoms with van der Waals surface area (Å²) in [4.78, 5) is 0. The van der Waals surface area contributed by atoms with Gasteiger partial charge in [0.1, 0.15) is 0 Å². The molecule has 0 bridgehead atoms. The van der Waals surface area contributed by atoms with Crippen LogP contribution in [0.4, 0.5) is 5.69 Å². The molecule has 1 aromatic rings. The fourth-order valence-electron chi connectivity index (χ4n) is 2.90. The van der Waals surface area contributed by atoms with Crippen LogP contribution >= 0.6 is 0 Å². The van der Waals surface area contributed by atoms with Crippen LogP contribution in [0.3, 0.4) is 0 Å². The van der Waals surface area contributed by atoms with Gasteiger partial charge in [0.15, 0.2) is 0 Å². The van der Waals surface area contributed by atoms with Crippen LogP contribution in [0.2, 0.25) is 0 Å². The number of nitrogens with one attached hydrogen (secondary N) is 1. The molecule has 0 fully saturated rings. The van der Waals surface area contributed by atoms with E-state index in [1.807, 2.05) is 0 Å². The summed E-state index contributed by atoms with van der Waals surface area (Å²) >= 11 is 0. The summed E-state index contributed by atoms with van der Waals surface area (Å²) in [5, 5.41) is 3.54. The SMILES string of the molecule is CC(C)c1c(C(C)(C)C)ccc2c1CCCN2. The average molecular weight is 231 g/mol. The van der Waals surface area contributed by atoms with Gasteiger partial charge in [0.25, 0.3) is 0 Å². The Labute approximate surface area is 106 Å². The molecule has 0 saturated carbocycles. The standard InChI is InChI=1S/C16H25N/c1-11(2)15-12-7-6-10-17-14(12)9-8-13(15)16(3,4)5/h8-9,11,17H,6-7,10H2,1-5H3. The summed E-state index contributed by atoms with van der Waals surface area (Å²) in [7, 11) is 0. The average Bonchev–Trinajstić information content (AvgIpc) is 2.26. The molecule has 1 N–H and O–H groups in total. The summed E-state index contributed by atoms with van der Waals surface area (Å²) in [6, 6.07) is 4.60. The van der Waals surface area contributed by atoms with Gasteiger partial charge in [0, 0.05) is 12.2 Å². The number of rotatable bonds is 1. The third-order valence-electron chi connectivity index (χ3n) is 3.66. The van der Waals surface area contributed by atoms with E-state index in [9.17, 15) is 0 Å². The van der Waals surface area contributed by atoms with Crippen molar-refractivity contribution in [1.82, 2.24) is 0 Å². The molecule has 0 radical (unpaired) electrons. The molecule has 0 unspecified atom stereocenters. The van der Waals surface area contributed by atoms with Crippen LogP contribution in [0, 0.1) is 0 Å². The predicted octanol–water partition coefficient (Wildman–Crippen LogP) is 4.47. The summed E-state index contributed by atoms with van der Waals surface area (Å²) in [6.45, 7) is 12.7. The maximum absolute atomic E-state index is 3.54. The molecule has 0 amide bonds. The summed E-state index contributed by atoms with van der Waals surface area (Å²) in [6.07, 6.45) is 2.50. The van der Waals surface area contributed by atoms with Gasteiger partial charge in [-0.05, 0) is 46.9 Å². The fourth-order valence-corrected chi connectivity index (χ4v) is 2.90. The van der Waals surface area contributed by atoms with Crippen molar-refractivity contribution in [2.24, 2.45) is 0 Å². The van der Waals surface area contributed by atoms with Crippen molar-refractivity contribution in [2.75, 3.05) is 11.9 Å². The first-order valence-electron chi connectivity index (χ1n) is 6.81. The van der Waals surface area contributed by atoms with E-state index in [1.165, 1.54) is 24.1 Å². The van der Waals surface area contributed by atoms with Crippen LogP contribution < -0.4 is 5.32 Å². The van der Waals surface area contributed by atoms with E-state index in [1.54, 1.807) is 11.1 Å². The van der Waals surface area contributed by atoms with Crippen LogP contribution in [0.5, 0.6) is 0 Å². The van der Waals surface area contributed by atoms with Gasteiger partial charge in [-0.2, -0.15) is 0 Å². The van der Waals surface area contributed by atoms with Crippen LogP contribution in [0.15, 0.2) is 12.1 Å². The second kappa shape index (κ2) is 4.36. The molecule has 1 aromatic carbocycles. The summed E-state index contributed by atoms with van der Waals surface area (Å²) in [5.74, 6) is 0.610. The molecular formula is C16H25N. The lowest BCUT2D eigenvalue weighted by Gasteiger charge is -2.30. The van der Waals surface area contributed by atoms with Crippen LogP contribution in [0.1, 0.15) is 63.6 Å². The van der Waals surface area contributed by atoms with Gasteiger partial charge in [0.2, 0.25) is 0 Å². The Morgan fingerprint density at radius 3 is 2.47 bits per heavy atom. The van der Waals surface area contributed by atoms with E-state index < -0.39 is 0 Å². The highest BCUT2D eigenvalue weighted by Gasteiger charge is 2.24. The molecule has 1 heterocycles. The highest BCUT2D eigenvalue weighted by atomic mass is 14.9. The van der Waals surface area contributed by atoms with Crippen LogP contribution in [-0.2, 0) is 11.8 Å². The Kier molecular flexibility index (Phi) is 3.20. The lowest BCUT2D eigenvalue weighted by atomic mass is 9.77. The van der Waals surface area contributed by atoms with Gasteiger partial charge < -0.3 is 5.32 Å². The van der Waals surface area contributed by atoms with Gasteiger partial charge >= 0.3 is 0 Å². The molecule has 1 heteroatoms. The zero-order valence-corrected chi connectivity index (χ0v) is 11.9. The predicted molar refractivity (Wildman–Crippen MR) is 76.0 cm³/mol. The molecule has 1 nitrogen and oxygen atoms in total. The van der Waals surface area contributed by atoms with Gasteiger partial charge in [-0.25, -0.2) is 0 Å². The number of hydrogen-bond acceptors (Lipinski definition) is 1. The lowest BCUT2D eigenvalue weighted by Crippen LogP contribution is -2.20.